The average molecular weight is 215 g/mol. The maximum Gasteiger partial charge on any atom is 0.0284 e. The van der Waals surface area contributed by atoms with Crippen LogP contribution in [0.5, 0.6) is 0 Å². The Hall–Kier alpha value is -2.08. The lowest BCUT2D eigenvalue weighted by molar-refractivity contribution is 1.03. The molecule has 0 nitrogen and oxygen atoms in total. The van der Waals surface area contributed by atoms with Crippen molar-refractivity contribution in [2.24, 2.45) is 0 Å². The van der Waals surface area contributed by atoms with Crippen LogP contribution in [-0.4, -0.2) is 0 Å². The molecule has 0 saturated heterocycles. The van der Waals surface area contributed by atoms with Crippen LogP contribution in [-0.2, 0) is 0 Å². The number of fused-ring (bicyclic) bond motifs is 5. The minimum Gasteiger partial charge on any atom is -0.0726 e. The van der Waals surface area contributed by atoms with Crippen LogP contribution in [0.25, 0.3) is 16.8 Å². The Bertz CT molecular complexity index is 699. The van der Waals surface area contributed by atoms with Crippen molar-refractivity contribution in [3.05, 3.63) is 77.4 Å². The predicted octanol–water partition coefficient (Wildman–Crippen LogP) is 4.25. The van der Waals surface area contributed by atoms with Crippen molar-refractivity contribution in [3.63, 3.8) is 0 Å². The SMILES string of the molecule is [C]1=Cc2c(ccc3ccccc23)C2C=CC=C12. The molecule has 4 rings (SSSR count). The van der Waals surface area contributed by atoms with E-state index in [-0.39, 0.29) is 0 Å². The molecular formula is C17H11. The Labute approximate surface area is 101 Å². The molecule has 79 valence electrons. The number of allylic oxidation sites excluding steroid dienone is 5. The molecule has 0 N–H and O–H groups in total. The molecule has 0 heteroatoms. The van der Waals surface area contributed by atoms with E-state index in [0.29, 0.717) is 5.92 Å². The maximum atomic E-state index is 3.40. The lowest BCUT2D eigenvalue weighted by Crippen LogP contribution is -2.03. The van der Waals surface area contributed by atoms with Gasteiger partial charge in [-0.15, -0.1) is 0 Å². The first-order chi connectivity index (χ1) is 8.43. The molecule has 0 heterocycles. The van der Waals surface area contributed by atoms with Crippen LogP contribution in [0.3, 0.4) is 0 Å². The standard InChI is InChI=1S/C17H11/c1-2-6-14-12(4-1)8-10-17-15-7-3-5-13(15)9-11-16(14)17/h1-8,10-11,15H. The van der Waals surface area contributed by atoms with Crippen molar-refractivity contribution < 1.29 is 0 Å². The van der Waals surface area contributed by atoms with Crippen molar-refractivity contribution >= 4 is 16.8 Å². The highest BCUT2D eigenvalue weighted by Crippen LogP contribution is 2.39. The van der Waals surface area contributed by atoms with E-state index in [1.54, 1.807) is 0 Å². The summed E-state index contributed by atoms with van der Waals surface area (Å²) in [5.41, 5.74) is 4.02. The molecule has 0 aliphatic heterocycles. The second-order valence-corrected chi connectivity index (χ2v) is 4.56. The molecule has 0 aromatic heterocycles. The summed E-state index contributed by atoms with van der Waals surface area (Å²) < 4.78 is 0. The first-order valence-corrected chi connectivity index (χ1v) is 5.93. The van der Waals surface area contributed by atoms with Gasteiger partial charge in [0, 0.05) is 5.92 Å². The van der Waals surface area contributed by atoms with E-state index in [2.05, 4.69) is 66.8 Å². The third-order valence-electron chi connectivity index (χ3n) is 3.64. The van der Waals surface area contributed by atoms with Crippen LogP contribution >= 0.6 is 0 Å². The zero-order valence-electron chi connectivity index (χ0n) is 9.35. The molecule has 0 bridgehead atoms. The highest BCUT2D eigenvalue weighted by molar-refractivity contribution is 5.93. The fourth-order valence-corrected chi connectivity index (χ4v) is 2.79. The van der Waals surface area contributed by atoms with Gasteiger partial charge in [0.1, 0.15) is 0 Å². The molecule has 1 unspecified atom stereocenters. The fraction of sp³-hybridized carbons (Fsp3) is 0.0588. The Morgan fingerprint density at radius 3 is 2.94 bits per heavy atom. The molecule has 0 saturated carbocycles. The quantitative estimate of drug-likeness (QED) is 0.616. The summed E-state index contributed by atoms with van der Waals surface area (Å²) in [6.45, 7) is 0. The zero-order valence-corrected chi connectivity index (χ0v) is 9.35. The largest absolute Gasteiger partial charge is 0.0726 e. The fourth-order valence-electron chi connectivity index (χ4n) is 2.79. The first-order valence-electron chi connectivity index (χ1n) is 5.93. The van der Waals surface area contributed by atoms with Crippen molar-refractivity contribution in [2.45, 2.75) is 5.92 Å². The first kappa shape index (κ1) is 9.00. The summed E-state index contributed by atoms with van der Waals surface area (Å²) in [5.74, 6) is 0.416. The molecule has 2 aromatic carbocycles. The van der Waals surface area contributed by atoms with Gasteiger partial charge in [-0.2, -0.15) is 0 Å². The van der Waals surface area contributed by atoms with E-state index in [1.165, 1.54) is 27.5 Å². The number of rotatable bonds is 0. The van der Waals surface area contributed by atoms with Gasteiger partial charge in [-0.3, -0.25) is 0 Å². The van der Waals surface area contributed by atoms with Crippen LogP contribution < -0.4 is 0 Å². The summed E-state index contributed by atoms with van der Waals surface area (Å²) in [6.07, 6.45) is 12.1. The topological polar surface area (TPSA) is 0 Å². The minimum absolute atomic E-state index is 0.416. The van der Waals surface area contributed by atoms with E-state index in [1.807, 2.05) is 0 Å². The second-order valence-electron chi connectivity index (χ2n) is 4.56. The maximum absolute atomic E-state index is 3.40. The van der Waals surface area contributed by atoms with E-state index in [9.17, 15) is 0 Å². The summed E-state index contributed by atoms with van der Waals surface area (Å²) >= 11 is 0. The van der Waals surface area contributed by atoms with Gasteiger partial charge in [0.25, 0.3) is 0 Å². The summed E-state index contributed by atoms with van der Waals surface area (Å²) in [5, 5.41) is 2.63. The summed E-state index contributed by atoms with van der Waals surface area (Å²) in [6, 6.07) is 13.0. The van der Waals surface area contributed by atoms with Crippen LogP contribution in [0.1, 0.15) is 17.0 Å². The highest BCUT2D eigenvalue weighted by Gasteiger charge is 2.22. The Morgan fingerprint density at radius 1 is 1.00 bits per heavy atom. The molecule has 0 spiro atoms. The average Bonchev–Trinajstić information content (AvgIpc) is 2.86. The highest BCUT2D eigenvalue weighted by atomic mass is 14.2. The normalized spacial score (nSPS) is 20.2. The molecular weight excluding hydrogens is 204 g/mol. The summed E-state index contributed by atoms with van der Waals surface area (Å²) in [7, 11) is 0. The van der Waals surface area contributed by atoms with Gasteiger partial charge in [0.05, 0.1) is 0 Å². The van der Waals surface area contributed by atoms with E-state index in [0.717, 1.165) is 0 Å². The second kappa shape index (κ2) is 3.21. The van der Waals surface area contributed by atoms with E-state index < -0.39 is 0 Å². The predicted molar refractivity (Wildman–Crippen MR) is 71.6 cm³/mol. The molecule has 1 atom stereocenters. The zero-order chi connectivity index (χ0) is 11.2. The molecule has 2 aromatic rings. The van der Waals surface area contributed by atoms with Crippen LogP contribution in [0, 0.1) is 6.08 Å². The Balaban J connectivity index is 2.09. The van der Waals surface area contributed by atoms with Gasteiger partial charge in [0.2, 0.25) is 0 Å². The minimum atomic E-state index is 0.416. The van der Waals surface area contributed by atoms with Crippen molar-refractivity contribution in [2.75, 3.05) is 0 Å². The van der Waals surface area contributed by atoms with E-state index >= 15 is 0 Å². The van der Waals surface area contributed by atoms with Gasteiger partial charge in [-0.25, -0.2) is 0 Å². The molecule has 2 aliphatic carbocycles. The third kappa shape index (κ3) is 1.18. The molecule has 17 heavy (non-hydrogen) atoms. The van der Waals surface area contributed by atoms with Crippen LogP contribution in [0.2, 0.25) is 0 Å². The van der Waals surface area contributed by atoms with Crippen LogP contribution in [0.4, 0.5) is 0 Å². The lowest BCUT2D eigenvalue weighted by Gasteiger charge is -2.20. The molecule has 1 radical (unpaired) electrons. The van der Waals surface area contributed by atoms with Gasteiger partial charge < -0.3 is 0 Å². The van der Waals surface area contributed by atoms with Crippen molar-refractivity contribution in [1.29, 1.82) is 0 Å². The van der Waals surface area contributed by atoms with Gasteiger partial charge in [-0.1, -0.05) is 54.6 Å². The Kier molecular flexibility index (Phi) is 1.70. The van der Waals surface area contributed by atoms with Crippen LogP contribution in [0.15, 0.2) is 60.2 Å². The van der Waals surface area contributed by atoms with Crippen molar-refractivity contribution in [1.82, 2.24) is 0 Å². The lowest BCUT2D eigenvalue weighted by atomic mass is 9.83. The third-order valence-corrected chi connectivity index (χ3v) is 3.64. The van der Waals surface area contributed by atoms with E-state index in [4.69, 9.17) is 0 Å². The molecule has 2 aliphatic rings. The molecule has 0 fully saturated rings. The van der Waals surface area contributed by atoms with Gasteiger partial charge in [0.15, 0.2) is 0 Å². The van der Waals surface area contributed by atoms with Gasteiger partial charge in [-0.05, 0) is 39.6 Å². The number of hydrogen-bond acceptors (Lipinski definition) is 0. The Morgan fingerprint density at radius 2 is 1.94 bits per heavy atom. The molecule has 0 amide bonds. The van der Waals surface area contributed by atoms with Gasteiger partial charge >= 0.3 is 0 Å². The number of hydrogen-bond donors (Lipinski definition) is 0. The smallest absolute Gasteiger partial charge is 0.0284 e. The van der Waals surface area contributed by atoms with Crippen molar-refractivity contribution in [3.8, 4) is 0 Å². The monoisotopic (exact) mass is 215 g/mol. The number of benzene rings is 2. The summed E-state index contributed by atoms with van der Waals surface area (Å²) in [4.78, 5) is 0.